The second-order valence-electron chi connectivity index (χ2n) is 7.64. The van der Waals surface area contributed by atoms with Gasteiger partial charge in [0, 0.05) is 36.8 Å². The van der Waals surface area contributed by atoms with Crippen molar-refractivity contribution >= 4 is 23.9 Å². The number of rotatable bonds is 8. The molecule has 32 heavy (non-hydrogen) atoms. The number of benzene rings is 2. The maximum absolute atomic E-state index is 10.9. The lowest BCUT2D eigenvalue weighted by Gasteiger charge is -2.34. The van der Waals surface area contributed by atoms with Gasteiger partial charge in [0.15, 0.2) is 0 Å². The molecule has 0 atom stereocenters. The molecule has 0 spiro atoms. The van der Waals surface area contributed by atoms with E-state index in [4.69, 9.17) is 4.74 Å². The van der Waals surface area contributed by atoms with Gasteiger partial charge in [-0.2, -0.15) is 0 Å². The number of piperazine rings is 1. The van der Waals surface area contributed by atoms with Crippen molar-refractivity contribution in [1.82, 2.24) is 9.80 Å². The van der Waals surface area contributed by atoms with Crippen LogP contribution in [-0.4, -0.2) is 63.0 Å². The Morgan fingerprint density at radius 1 is 1.12 bits per heavy atom. The van der Waals surface area contributed by atoms with Crippen molar-refractivity contribution in [1.29, 1.82) is 0 Å². The van der Waals surface area contributed by atoms with Gasteiger partial charge in [-0.15, -0.1) is 0 Å². The summed E-state index contributed by atoms with van der Waals surface area (Å²) in [5.74, 6) is 0.758. The molecule has 0 aliphatic carbocycles. The SMILES string of the molecule is C=C/C=C(\C)N1CCN(C)CC1.COc1ccccc1N(CC=O)Sc1ccc(C)cc1. The normalized spacial score (nSPS) is 14.2. The minimum Gasteiger partial charge on any atom is -0.495 e. The van der Waals surface area contributed by atoms with Crippen LogP contribution in [0, 0.1) is 6.92 Å². The lowest BCUT2D eigenvalue weighted by atomic mass is 10.2. The number of anilines is 1. The Kier molecular flexibility index (Phi) is 10.9. The third kappa shape index (κ3) is 8.09. The molecule has 5 nitrogen and oxygen atoms in total. The fraction of sp³-hybridized carbons (Fsp3) is 0.346. The molecule has 0 amide bonds. The minimum atomic E-state index is 0.304. The standard InChI is InChI=1S/C16H17NO2S.C10H18N2/c1-13-7-9-14(10-8-13)20-17(11-12-18)15-5-3-4-6-16(15)19-2;1-4-5-10(2)12-8-6-11(3)7-9-12/h3-10,12H,11H2,1-2H3;4-5H,1,6-9H2,2-3H3/b;10-5+. The summed E-state index contributed by atoms with van der Waals surface area (Å²) in [5.41, 5.74) is 3.44. The molecule has 6 heteroatoms. The summed E-state index contributed by atoms with van der Waals surface area (Å²) in [7, 11) is 3.80. The third-order valence-electron chi connectivity index (χ3n) is 5.19. The summed E-state index contributed by atoms with van der Waals surface area (Å²) in [4.78, 5) is 16.8. The van der Waals surface area contributed by atoms with Gasteiger partial charge in [-0.1, -0.05) is 42.5 Å². The molecule has 0 aromatic heterocycles. The topological polar surface area (TPSA) is 36.0 Å². The van der Waals surface area contributed by atoms with Crippen LogP contribution >= 0.6 is 11.9 Å². The summed E-state index contributed by atoms with van der Waals surface area (Å²) in [6.45, 7) is 12.8. The van der Waals surface area contributed by atoms with Crippen LogP contribution in [0.3, 0.4) is 0 Å². The fourth-order valence-corrected chi connectivity index (χ4v) is 4.15. The van der Waals surface area contributed by atoms with Gasteiger partial charge >= 0.3 is 0 Å². The van der Waals surface area contributed by atoms with Crippen LogP contribution in [0.5, 0.6) is 5.75 Å². The van der Waals surface area contributed by atoms with Crippen LogP contribution in [0.1, 0.15) is 12.5 Å². The van der Waals surface area contributed by atoms with E-state index in [1.54, 1.807) is 7.11 Å². The lowest BCUT2D eigenvalue weighted by molar-refractivity contribution is -0.106. The maximum atomic E-state index is 10.9. The lowest BCUT2D eigenvalue weighted by Crippen LogP contribution is -2.43. The summed E-state index contributed by atoms with van der Waals surface area (Å²) >= 11 is 1.53. The van der Waals surface area contributed by atoms with E-state index in [9.17, 15) is 4.79 Å². The van der Waals surface area contributed by atoms with E-state index in [2.05, 4.69) is 55.5 Å². The van der Waals surface area contributed by atoms with Crippen LogP contribution in [0.15, 0.2) is 77.9 Å². The molecule has 0 unspecified atom stereocenters. The summed E-state index contributed by atoms with van der Waals surface area (Å²) in [5, 5.41) is 0. The number of carbonyl (C=O) groups is 1. The van der Waals surface area contributed by atoms with Gasteiger partial charge < -0.3 is 23.6 Å². The number of nitrogens with zero attached hydrogens (tertiary/aromatic N) is 3. The van der Waals surface area contributed by atoms with E-state index in [0.717, 1.165) is 35.7 Å². The van der Waals surface area contributed by atoms with Crippen LogP contribution in [-0.2, 0) is 4.79 Å². The van der Waals surface area contributed by atoms with Crippen molar-refractivity contribution in [2.24, 2.45) is 0 Å². The number of hydrogen-bond donors (Lipinski definition) is 0. The molecule has 1 heterocycles. The first kappa shape index (κ1) is 25.6. The molecule has 1 aliphatic heterocycles. The zero-order valence-corrected chi connectivity index (χ0v) is 20.5. The van der Waals surface area contributed by atoms with Crippen LogP contribution < -0.4 is 9.04 Å². The summed E-state index contributed by atoms with van der Waals surface area (Å²) < 4.78 is 7.29. The summed E-state index contributed by atoms with van der Waals surface area (Å²) in [6, 6.07) is 15.9. The highest BCUT2D eigenvalue weighted by atomic mass is 32.2. The number of likely N-dealkylation sites (N-methyl/N-ethyl adjacent to an activating group) is 1. The van der Waals surface area contributed by atoms with Crippen molar-refractivity contribution < 1.29 is 9.53 Å². The zero-order valence-electron chi connectivity index (χ0n) is 19.7. The third-order valence-corrected chi connectivity index (χ3v) is 6.24. The number of para-hydroxylation sites is 2. The minimum absolute atomic E-state index is 0.304. The smallest absolute Gasteiger partial charge is 0.143 e. The van der Waals surface area contributed by atoms with Gasteiger partial charge in [-0.3, -0.25) is 0 Å². The fourth-order valence-electron chi connectivity index (χ4n) is 3.25. The molecule has 172 valence electrons. The number of ether oxygens (including phenoxy) is 1. The average Bonchev–Trinajstić information content (AvgIpc) is 2.81. The molecular formula is C26H35N3O2S. The molecule has 0 saturated carbocycles. The van der Waals surface area contributed by atoms with Gasteiger partial charge in [0.2, 0.25) is 0 Å². The molecule has 1 aliphatic rings. The van der Waals surface area contributed by atoms with Gasteiger partial charge in [0.25, 0.3) is 0 Å². The van der Waals surface area contributed by atoms with Crippen molar-refractivity contribution in [3.8, 4) is 5.75 Å². The number of aldehydes is 1. The van der Waals surface area contributed by atoms with Gasteiger partial charge in [-0.25, -0.2) is 0 Å². The van der Waals surface area contributed by atoms with Gasteiger partial charge in [0.05, 0.1) is 19.3 Å². The Morgan fingerprint density at radius 2 is 1.78 bits per heavy atom. The van der Waals surface area contributed by atoms with E-state index in [1.807, 2.05) is 46.8 Å². The highest BCUT2D eigenvalue weighted by molar-refractivity contribution is 8.00. The first-order valence-corrected chi connectivity index (χ1v) is 11.6. The number of aryl methyl sites for hydroxylation is 1. The Bertz CT molecular complexity index is 875. The molecule has 1 saturated heterocycles. The predicted octanol–water partition coefficient (Wildman–Crippen LogP) is 5.04. The zero-order chi connectivity index (χ0) is 23.3. The second kappa shape index (κ2) is 13.7. The molecule has 1 fully saturated rings. The maximum Gasteiger partial charge on any atom is 0.143 e. The molecule has 0 radical (unpaired) electrons. The van der Waals surface area contributed by atoms with E-state index >= 15 is 0 Å². The van der Waals surface area contributed by atoms with E-state index in [1.165, 1.54) is 36.3 Å². The highest BCUT2D eigenvalue weighted by Crippen LogP contribution is 2.35. The van der Waals surface area contributed by atoms with Crippen LogP contribution in [0.2, 0.25) is 0 Å². The highest BCUT2D eigenvalue weighted by Gasteiger charge is 2.13. The van der Waals surface area contributed by atoms with Crippen LogP contribution in [0.25, 0.3) is 0 Å². The Labute approximate surface area is 197 Å². The van der Waals surface area contributed by atoms with Gasteiger partial charge in [0.1, 0.15) is 12.0 Å². The Hall–Kier alpha value is -2.70. The molecule has 0 bridgehead atoms. The molecule has 2 aromatic rings. The second-order valence-corrected chi connectivity index (χ2v) is 8.73. The van der Waals surface area contributed by atoms with E-state index in [-0.39, 0.29) is 0 Å². The first-order valence-electron chi connectivity index (χ1n) is 10.8. The molecule has 2 aromatic carbocycles. The molecular weight excluding hydrogens is 418 g/mol. The number of hydrogen-bond acceptors (Lipinski definition) is 6. The van der Waals surface area contributed by atoms with Crippen molar-refractivity contribution in [2.75, 3.05) is 51.2 Å². The number of methoxy groups -OCH3 is 1. The largest absolute Gasteiger partial charge is 0.495 e. The number of carbonyl (C=O) groups excluding carboxylic acids is 1. The molecule has 3 rings (SSSR count). The Morgan fingerprint density at radius 3 is 2.38 bits per heavy atom. The quantitative estimate of drug-likeness (QED) is 0.317. The first-order chi connectivity index (χ1) is 15.5. The van der Waals surface area contributed by atoms with Gasteiger partial charge in [-0.05, 0) is 63.2 Å². The average molecular weight is 454 g/mol. The van der Waals surface area contributed by atoms with E-state index in [0.29, 0.717) is 6.54 Å². The van der Waals surface area contributed by atoms with Crippen molar-refractivity contribution in [2.45, 2.75) is 18.7 Å². The Balaban J connectivity index is 0.000000258. The van der Waals surface area contributed by atoms with Crippen molar-refractivity contribution in [3.63, 3.8) is 0 Å². The predicted molar refractivity (Wildman–Crippen MR) is 136 cm³/mol. The molecule has 0 N–H and O–H groups in total. The summed E-state index contributed by atoms with van der Waals surface area (Å²) in [6.07, 6.45) is 4.83. The van der Waals surface area contributed by atoms with Crippen molar-refractivity contribution in [3.05, 3.63) is 78.5 Å². The number of allylic oxidation sites excluding steroid dienone is 3. The van der Waals surface area contributed by atoms with Crippen LogP contribution in [0.4, 0.5) is 5.69 Å². The monoisotopic (exact) mass is 453 g/mol. The van der Waals surface area contributed by atoms with E-state index < -0.39 is 0 Å².